The molecule has 0 bridgehead atoms. The van der Waals surface area contributed by atoms with Crippen molar-refractivity contribution >= 4 is 11.9 Å². The van der Waals surface area contributed by atoms with Crippen LogP contribution < -0.4 is 0 Å². The van der Waals surface area contributed by atoms with Gasteiger partial charge in [0.1, 0.15) is 6.10 Å². The van der Waals surface area contributed by atoms with Crippen LogP contribution in [0.1, 0.15) is 84.5 Å². The van der Waals surface area contributed by atoms with E-state index in [0.29, 0.717) is 0 Å². The second-order valence-electron chi connectivity index (χ2n) is 6.81. The van der Waals surface area contributed by atoms with Gasteiger partial charge in [-0.15, -0.1) is 0 Å². The second kappa shape index (κ2) is 19.7. The van der Waals surface area contributed by atoms with Gasteiger partial charge in [-0.05, 0) is 51.0 Å². The van der Waals surface area contributed by atoms with Crippen LogP contribution in [0.5, 0.6) is 0 Å². The number of carboxylic acid groups (broad SMARTS) is 1. The number of unbranched alkanes of at least 4 members (excludes halogenated alkanes) is 4. The first-order valence-corrected chi connectivity index (χ1v) is 10.6. The van der Waals surface area contributed by atoms with Crippen molar-refractivity contribution < 1.29 is 19.4 Å². The summed E-state index contributed by atoms with van der Waals surface area (Å²) in [7, 11) is 0. The van der Waals surface area contributed by atoms with Crippen molar-refractivity contribution in [3.63, 3.8) is 0 Å². The second-order valence-corrected chi connectivity index (χ2v) is 6.81. The zero-order chi connectivity index (χ0) is 20.9. The molecule has 0 heterocycles. The summed E-state index contributed by atoms with van der Waals surface area (Å²) < 4.78 is 5.36. The third kappa shape index (κ3) is 20.2. The van der Waals surface area contributed by atoms with Gasteiger partial charge in [0.15, 0.2) is 0 Å². The fourth-order valence-corrected chi connectivity index (χ4v) is 2.67. The minimum atomic E-state index is -0.728. The quantitative estimate of drug-likeness (QED) is 0.174. The molecule has 0 aromatic heterocycles. The highest BCUT2D eigenvalue weighted by atomic mass is 16.5. The van der Waals surface area contributed by atoms with Gasteiger partial charge < -0.3 is 9.84 Å². The first-order chi connectivity index (χ1) is 13.6. The van der Waals surface area contributed by atoms with E-state index in [1.807, 2.05) is 12.2 Å². The molecule has 0 radical (unpaired) electrons. The Bertz CT molecular complexity index is 515. The van der Waals surface area contributed by atoms with Crippen LogP contribution in [0.4, 0.5) is 0 Å². The molecule has 1 unspecified atom stereocenters. The number of hydrogen-bond donors (Lipinski definition) is 1. The number of ether oxygens (including phenoxy) is 1. The van der Waals surface area contributed by atoms with Crippen molar-refractivity contribution in [2.75, 3.05) is 0 Å². The standard InChI is InChI=1S/C24H38O4/c1-3-4-5-6-7-8-9-10-11-13-16-19-23(28-22(2)25)20-17-14-12-15-18-21-24(26)27/h4-5,7-8,10-11,16,19,23H,3,6,9,12-15,17-18,20-21H2,1-2H3,(H,26,27)/b5-4-,8-7-,11-10-,19-16-. The zero-order valence-electron chi connectivity index (χ0n) is 17.6. The van der Waals surface area contributed by atoms with E-state index in [9.17, 15) is 9.59 Å². The molecule has 0 saturated carbocycles. The molecule has 0 amide bonds. The molecule has 1 atom stereocenters. The van der Waals surface area contributed by atoms with Gasteiger partial charge in [-0.2, -0.15) is 0 Å². The predicted molar refractivity (Wildman–Crippen MR) is 116 cm³/mol. The number of carbonyl (C=O) groups is 2. The first-order valence-electron chi connectivity index (χ1n) is 10.6. The molecule has 0 rings (SSSR count). The number of aliphatic carboxylic acids is 1. The molecule has 28 heavy (non-hydrogen) atoms. The van der Waals surface area contributed by atoms with Gasteiger partial charge in [0.05, 0.1) is 0 Å². The van der Waals surface area contributed by atoms with E-state index in [4.69, 9.17) is 9.84 Å². The Morgan fingerprint density at radius 3 is 1.93 bits per heavy atom. The monoisotopic (exact) mass is 390 g/mol. The smallest absolute Gasteiger partial charge is 0.303 e. The van der Waals surface area contributed by atoms with Crippen molar-refractivity contribution in [1.29, 1.82) is 0 Å². The molecule has 0 fully saturated rings. The van der Waals surface area contributed by atoms with E-state index in [1.165, 1.54) is 6.92 Å². The lowest BCUT2D eigenvalue weighted by atomic mass is 10.1. The molecule has 1 N–H and O–H groups in total. The number of rotatable bonds is 17. The maximum absolute atomic E-state index is 11.3. The van der Waals surface area contributed by atoms with E-state index in [1.54, 1.807) is 0 Å². The number of carbonyl (C=O) groups excluding carboxylic acids is 1. The molecule has 4 nitrogen and oxygen atoms in total. The van der Waals surface area contributed by atoms with Crippen LogP contribution in [0.15, 0.2) is 48.6 Å². The summed E-state index contributed by atoms with van der Waals surface area (Å²) >= 11 is 0. The van der Waals surface area contributed by atoms with Gasteiger partial charge in [0.25, 0.3) is 0 Å². The minimum absolute atomic E-state index is 0.171. The fourth-order valence-electron chi connectivity index (χ4n) is 2.67. The number of hydrogen-bond acceptors (Lipinski definition) is 3. The molecule has 0 spiro atoms. The molecule has 0 aliphatic heterocycles. The van der Waals surface area contributed by atoms with Crippen molar-refractivity contribution in [3.05, 3.63) is 48.6 Å². The fraction of sp³-hybridized carbons (Fsp3) is 0.583. The molecular formula is C24H38O4. The normalized spacial score (nSPS) is 13.2. The molecular weight excluding hydrogens is 352 g/mol. The SMILES string of the molecule is CC/C=C\C/C=C\C/C=C\C/C=C\C(CCCCCCCC(=O)O)OC(C)=O. The Labute approximate surface area is 171 Å². The highest BCUT2D eigenvalue weighted by Gasteiger charge is 2.07. The molecule has 0 aliphatic carbocycles. The van der Waals surface area contributed by atoms with E-state index in [2.05, 4.69) is 43.4 Å². The lowest BCUT2D eigenvalue weighted by Crippen LogP contribution is -2.13. The summed E-state index contributed by atoms with van der Waals surface area (Å²) in [6.07, 6.45) is 26.4. The van der Waals surface area contributed by atoms with Crippen molar-refractivity contribution in [1.82, 2.24) is 0 Å². The van der Waals surface area contributed by atoms with Gasteiger partial charge in [0.2, 0.25) is 0 Å². The number of esters is 1. The van der Waals surface area contributed by atoms with Crippen LogP contribution in [-0.4, -0.2) is 23.1 Å². The highest BCUT2D eigenvalue weighted by Crippen LogP contribution is 2.12. The van der Waals surface area contributed by atoms with E-state index in [-0.39, 0.29) is 18.5 Å². The Hall–Kier alpha value is -2.10. The summed E-state index contributed by atoms with van der Waals surface area (Å²) in [5.74, 6) is -0.983. The Morgan fingerprint density at radius 1 is 0.821 bits per heavy atom. The summed E-state index contributed by atoms with van der Waals surface area (Å²) in [6, 6.07) is 0. The molecule has 4 heteroatoms. The van der Waals surface area contributed by atoms with Gasteiger partial charge in [0, 0.05) is 13.3 Å². The van der Waals surface area contributed by atoms with E-state index < -0.39 is 5.97 Å². The van der Waals surface area contributed by atoms with E-state index in [0.717, 1.165) is 64.2 Å². The lowest BCUT2D eigenvalue weighted by Gasteiger charge is -2.12. The largest absolute Gasteiger partial charge is 0.481 e. The zero-order valence-corrected chi connectivity index (χ0v) is 17.6. The maximum Gasteiger partial charge on any atom is 0.303 e. The topological polar surface area (TPSA) is 63.6 Å². The van der Waals surface area contributed by atoms with Crippen LogP contribution in [-0.2, 0) is 14.3 Å². The summed E-state index contributed by atoms with van der Waals surface area (Å²) in [4.78, 5) is 21.7. The molecule has 0 saturated heterocycles. The van der Waals surface area contributed by atoms with Crippen LogP contribution >= 0.6 is 0 Å². The third-order valence-corrected chi connectivity index (χ3v) is 4.10. The van der Waals surface area contributed by atoms with Crippen molar-refractivity contribution in [2.24, 2.45) is 0 Å². The van der Waals surface area contributed by atoms with Gasteiger partial charge in [-0.3, -0.25) is 9.59 Å². The molecule has 0 aromatic rings. The van der Waals surface area contributed by atoms with Crippen LogP contribution in [0, 0.1) is 0 Å². The average Bonchev–Trinajstić information content (AvgIpc) is 2.64. The van der Waals surface area contributed by atoms with Crippen molar-refractivity contribution in [2.45, 2.75) is 90.6 Å². The average molecular weight is 391 g/mol. The number of allylic oxidation sites excluding steroid dienone is 7. The maximum atomic E-state index is 11.3. The Kier molecular flexibility index (Phi) is 18.2. The minimum Gasteiger partial charge on any atom is -0.481 e. The van der Waals surface area contributed by atoms with Crippen molar-refractivity contribution in [3.8, 4) is 0 Å². The summed E-state index contributed by atoms with van der Waals surface area (Å²) in [5, 5.41) is 8.61. The highest BCUT2D eigenvalue weighted by molar-refractivity contribution is 5.66. The van der Waals surface area contributed by atoms with E-state index >= 15 is 0 Å². The Balaban J connectivity index is 3.96. The van der Waals surface area contributed by atoms with Gasteiger partial charge in [-0.25, -0.2) is 0 Å². The number of carboxylic acids is 1. The first kappa shape index (κ1) is 25.9. The van der Waals surface area contributed by atoms with Crippen LogP contribution in [0.2, 0.25) is 0 Å². The van der Waals surface area contributed by atoms with Gasteiger partial charge >= 0.3 is 11.9 Å². The molecule has 0 aliphatic rings. The Morgan fingerprint density at radius 2 is 1.36 bits per heavy atom. The molecule has 0 aromatic carbocycles. The third-order valence-electron chi connectivity index (χ3n) is 4.10. The summed E-state index contributed by atoms with van der Waals surface area (Å²) in [5.41, 5.74) is 0. The molecule has 158 valence electrons. The van der Waals surface area contributed by atoms with Crippen LogP contribution in [0.25, 0.3) is 0 Å². The lowest BCUT2D eigenvalue weighted by molar-refractivity contribution is -0.144. The van der Waals surface area contributed by atoms with Gasteiger partial charge in [-0.1, -0.05) is 68.7 Å². The van der Waals surface area contributed by atoms with Crippen LogP contribution in [0.3, 0.4) is 0 Å². The predicted octanol–water partition coefficient (Wildman–Crippen LogP) is 6.54. The summed E-state index contributed by atoms with van der Waals surface area (Å²) in [6.45, 7) is 3.57.